The van der Waals surface area contributed by atoms with Crippen LogP contribution >= 0.6 is 11.8 Å². The number of aliphatic hydroxyl groups is 4. The average Bonchev–Trinajstić information content (AvgIpc) is 3.76. The Morgan fingerprint density at radius 1 is 0.500 bits per heavy atom. The molecule has 10 unspecified atom stereocenters. The molecule has 8 saturated carbocycles. The second kappa shape index (κ2) is 20.3. The maximum atomic E-state index is 11.2. The van der Waals surface area contributed by atoms with E-state index in [-0.39, 0.29) is 35.2 Å². The van der Waals surface area contributed by atoms with Gasteiger partial charge in [0.25, 0.3) is 0 Å². The summed E-state index contributed by atoms with van der Waals surface area (Å²) < 4.78 is 0. The number of hydrogen-bond donors (Lipinski definition) is 4. The monoisotopic (exact) mass is 921 g/mol. The van der Waals surface area contributed by atoms with Gasteiger partial charge in [0, 0.05) is 0 Å². The quantitative estimate of drug-likeness (QED) is 0.103. The Morgan fingerprint density at radius 3 is 1.42 bits per heavy atom. The summed E-state index contributed by atoms with van der Waals surface area (Å²) >= 11 is 3.02. The summed E-state index contributed by atoms with van der Waals surface area (Å²) in [7, 11) is 0. The first kappa shape index (κ1) is 48.6. The first-order chi connectivity index (χ1) is 28.6. The molecular formula is C54H96O4SSe. The van der Waals surface area contributed by atoms with Crippen molar-refractivity contribution in [2.75, 3.05) is 11.5 Å². The van der Waals surface area contributed by atoms with Crippen molar-refractivity contribution in [3.63, 3.8) is 0 Å². The molecule has 0 saturated heterocycles. The molecule has 0 aliphatic heterocycles. The summed E-state index contributed by atoms with van der Waals surface area (Å²) in [6, 6.07) is 0. The average molecular weight is 920 g/mol. The van der Waals surface area contributed by atoms with Crippen LogP contribution in [-0.2, 0) is 0 Å². The van der Waals surface area contributed by atoms with E-state index in [1.54, 1.807) is 0 Å². The third-order valence-corrected chi connectivity index (χ3v) is 25.4. The van der Waals surface area contributed by atoms with Gasteiger partial charge in [0.1, 0.15) is 0 Å². The SMILES string of the molecule is CCCSCCCC(C)C1CCC2C3C[C@H](O)[C@@H]4C[C@H](O)CC[C@]4(C)C3CC[C@]12C.CCC[Se]CCCC(C)C1CCC2C3C[C@H](O)[C@@H]4C[C@H](O)CC[C@]4(C)C3CC[C@]12C. The summed E-state index contributed by atoms with van der Waals surface area (Å²) in [6.45, 7) is 20.0. The van der Waals surface area contributed by atoms with E-state index in [0.717, 1.165) is 120 Å². The zero-order chi connectivity index (χ0) is 43.0. The third kappa shape index (κ3) is 9.34. The van der Waals surface area contributed by atoms with Crippen molar-refractivity contribution in [2.24, 2.45) is 92.7 Å². The van der Waals surface area contributed by atoms with Crippen LogP contribution in [0.5, 0.6) is 0 Å². The molecule has 8 rings (SSSR count). The van der Waals surface area contributed by atoms with E-state index in [4.69, 9.17) is 0 Å². The molecule has 8 aliphatic rings. The molecule has 6 heteroatoms. The first-order valence-electron chi connectivity index (χ1n) is 26.5. The number of fused-ring (bicyclic) bond motifs is 10. The Hall–Kier alpha value is 0.709. The molecule has 0 aromatic heterocycles. The van der Waals surface area contributed by atoms with Crippen molar-refractivity contribution in [2.45, 2.75) is 232 Å². The molecule has 0 bridgehead atoms. The van der Waals surface area contributed by atoms with E-state index in [2.05, 4.69) is 67.2 Å². The number of rotatable bonds is 14. The van der Waals surface area contributed by atoms with Gasteiger partial charge < -0.3 is 15.3 Å². The van der Waals surface area contributed by atoms with Crippen LogP contribution in [0, 0.1) is 92.7 Å². The van der Waals surface area contributed by atoms with Gasteiger partial charge >= 0.3 is 181 Å². The fourth-order valence-electron chi connectivity index (χ4n) is 18.4. The minimum atomic E-state index is -0.194. The maximum absolute atomic E-state index is 11.2. The molecule has 0 radical (unpaired) electrons. The molecule has 60 heavy (non-hydrogen) atoms. The van der Waals surface area contributed by atoms with Crippen LogP contribution in [0.15, 0.2) is 0 Å². The Bertz CT molecular complexity index is 1260. The summed E-state index contributed by atoms with van der Waals surface area (Å²) in [6.07, 6.45) is 26.6. The Morgan fingerprint density at radius 2 is 0.950 bits per heavy atom. The van der Waals surface area contributed by atoms with E-state index in [0.29, 0.717) is 28.6 Å². The summed E-state index contributed by atoms with van der Waals surface area (Å²) in [4.78, 5) is 0. The molecule has 4 nitrogen and oxygen atoms in total. The topological polar surface area (TPSA) is 80.9 Å². The fraction of sp³-hybridized carbons (Fsp3) is 1.00. The van der Waals surface area contributed by atoms with Crippen LogP contribution in [0.3, 0.4) is 0 Å². The van der Waals surface area contributed by atoms with Crippen LogP contribution in [0.4, 0.5) is 0 Å². The number of aliphatic hydroxyl groups excluding tert-OH is 4. The molecule has 20 atom stereocenters. The summed E-state index contributed by atoms with van der Waals surface area (Å²) in [5.41, 5.74) is 1.51. The molecule has 0 heterocycles. The van der Waals surface area contributed by atoms with E-state index in [9.17, 15) is 20.4 Å². The van der Waals surface area contributed by atoms with Gasteiger partial charge in [-0.25, -0.2) is 0 Å². The van der Waals surface area contributed by atoms with Gasteiger partial charge in [0.2, 0.25) is 0 Å². The normalized spacial score (nSPS) is 49.2. The molecule has 8 aliphatic carbocycles. The zero-order valence-electron chi connectivity index (χ0n) is 40.2. The Balaban J connectivity index is 0.000000181. The Labute approximate surface area is 381 Å². The predicted octanol–water partition coefficient (Wildman–Crippen LogP) is 12.9. The minimum absolute atomic E-state index is 0.182. The molecule has 0 spiro atoms. The van der Waals surface area contributed by atoms with Gasteiger partial charge in [0.15, 0.2) is 0 Å². The van der Waals surface area contributed by atoms with E-state index in [1.165, 1.54) is 112 Å². The zero-order valence-corrected chi connectivity index (χ0v) is 42.8. The van der Waals surface area contributed by atoms with Gasteiger partial charge in [-0.2, -0.15) is 11.8 Å². The van der Waals surface area contributed by atoms with Crippen molar-refractivity contribution < 1.29 is 20.4 Å². The molecule has 0 aromatic rings. The Kier molecular flexibility index (Phi) is 16.4. The van der Waals surface area contributed by atoms with E-state index < -0.39 is 0 Å². The first-order valence-corrected chi connectivity index (χ1v) is 30.1. The van der Waals surface area contributed by atoms with Gasteiger partial charge in [0.05, 0.1) is 18.3 Å². The molecule has 348 valence electrons. The molecule has 8 fully saturated rings. The predicted molar refractivity (Wildman–Crippen MR) is 255 cm³/mol. The van der Waals surface area contributed by atoms with Crippen LogP contribution in [0.25, 0.3) is 0 Å². The second-order valence-corrected chi connectivity index (χ2v) is 28.2. The van der Waals surface area contributed by atoms with Gasteiger partial charge in [-0.1, -0.05) is 27.7 Å². The van der Waals surface area contributed by atoms with Crippen molar-refractivity contribution >= 4 is 26.7 Å². The second-order valence-electron chi connectivity index (χ2n) is 24.4. The fourth-order valence-corrected chi connectivity index (χ4v) is 21.1. The summed E-state index contributed by atoms with van der Waals surface area (Å²) in [5.74, 6) is 11.4. The molecular weight excluding hydrogens is 824 g/mol. The van der Waals surface area contributed by atoms with E-state index >= 15 is 0 Å². The van der Waals surface area contributed by atoms with Gasteiger partial charge in [-0.3, -0.25) is 0 Å². The molecule has 4 N–H and O–H groups in total. The summed E-state index contributed by atoms with van der Waals surface area (Å²) in [5, 5.41) is 45.9. The third-order valence-electron chi connectivity index (χ3n) is 21.4. The number of hydrogen-bond acceptors (Lipinski definition) is 5. The van der Waals surface area contributed by atoms with Gasteiger partial charge in [-0.05, 0) is 128 Å². The number of thioether (sulfide) groups is 1. The van der Waals surface area contributed by atoms with Crippen LogP contribution in [-0.4, -0.2) is 71.3 Å². The van der Waals surface area contributed by atoms with Crippen LogP contribution in [0.2, 0.25) is 10.6 Å². The van der Waals surface area contributed by atoms with Crippen molar-refractivity contribution in [3.8, 4) is 0 Å². The van der Waals surface area contributed by atoms with Crippen molar-refractivity contribution in [1.82, 2.24) is 0 Å². The van der Waals surface area contributed by atoms with Gasteiger partial charge in [-0.15, -0.1) is 0 Å². The van der Waals surface area contributed by atoms with E-state index in [1.807, 2.05) is 0 Å². The molecule has 0 amide bonds. The van der Waals surface area contributed by atoms with Crippen LogP contribution in [0.1, 0.15) is 197 Å². The van der Waals surface area contributed by atoms with Crippen molar-refractivity contribution in [1.29, 1.82) is 0 Å². The molecule has 0 aromatic carbocycles. The standard InChI is InChI=1S/C27H48O2S.C27H48O2Se/c2*1-5-14-30-15-6-7-18(2)21-8-9-22-20-17-25(29)24-16-19(28)10-12-27(24,4)23(20)11-13-26(21,22)3/h2*18-25,28-29H,5-17H2,1-4H3/t2*18?,19-,20?,21?,22?,23?,24+,25+,26-,27-/m11/s1. The van der Waals surface area contributed by atoms with Crippen LogP contribution < -0.4 is 0 Å². The van der Waals surface area contributed by atoms with Crippen molar-refractivity contribution in [3.05, 3.63) is 0 Å².